The zero-order chi connectivity index (χ0) is 14.7. The number of carbonyl (C=O) groups excluding carboxylic acids is 1. The van der Waals surface area contributed by atoms with Crippen LogP contribution >= 0.6 is 0 Å². The van der Waals surface area contributed by atoms with E-state index in [2.05, 4.69) is 17.1 Å². The molecule has 1 atom stereocenters. The number of furan rings is 1. The van der Waals surface area contributed by atoms with E-state index >= 15 is 0 Å². The van der Waals surface area contributed by atoms with E-state index in [-0.39, 0.29) is 5.91 Å². The highest BCUT2D eigenvalue weighted by Crippen LogP contribution is 2.20. The molecule has 0 aliphatic carbocycles. The average molecular weight is 286 g/mol. The van der Waals surface area contributed by atoms with E-state index in [1.807, 2.05) is 24.3 Å². The molecular formula is C17H22N2O2. The summed E-state index contributed by atoms with van der Waals surface area (Å²) in [4.78, 5) is 14.7. The predicted molar refractivity (Wildman–Crippen MR) is 83.4 cm³/mol. The Morgan fingerprint density at radius 1 is 1.38 bits per heavy atom. The monoisotopic (exact) mass is 286 g/mol. The largest absolute Gasteiger partial charge is 0.463 e. The molecule has 2 heterocycles. The lowest BCUT2D eigenvalue weighted by molar-refractivity contribution is 0.0939. The molecule has 1 N–H and O–H groups in total. The van der Waals surface area contributed by atoms with Crippen LogP contribution in [0.25, 0.3) is 11.0 Å². The number of carbonyl (C=O) groups is 1. The lowest BCUT2D eigenvalue weighted by Crippen LogP contribution is -2.42. The summed E-state index contributed by atoms with van der Waals surface area (Å²) in [5.74, 6) is -0.0513. The first kappa shape index (κ1) is 14.1. The first-order valence-corrected chi connectivity index (χ1v) is 7.74. The molecular weight excluding hydrogens is 264 g/mol. The van der Waals surface area contributed by atoms with E-state index in [9.17, 15) is 4.79 Å². The van der Waals surface area contributed by atoms with Gasteiger partial charge in [0.2, 0.25) is 0 Å². The molecule has 112 valence electrons. The van der Waals surface area contributed by atoms with Crippen LogP contribution in [-0.4, -0.2) is 36.5 Å². The maximum absolute atomic E-state index is 12.3. The minimum Gasteiger partial charge on any atom is -0.463 e. The van der Waals surface area contributed by atoms with Gasteiger partial charge >= 0.3 is 0 Å². The second kappa shape index (κ2) is 6.31. The van der Waals surface area contributed by atoms with Crippen molar-refractivity contribution in [2.24, 2.45) is 0 Å². The Balaban J connectivity index is 1.57. The minimum absolute atomic E-state index is 0.0513. The number of hydrogen-bond acceptors (Lipinski definition) is 3. The lowest BCUT2D eigenvalue weighted by atomic mass is 10.0. The number of para-hydroxylation sites is 1. The highest BCUT2D eigenvalue weighted by Gasteiger charge is 2.18. The predicted octanol–water partition coefficient (Wildman–Crippen LogP) is 3.04. The van der Waals surface area contributed by atoms with Gasteiger partial charge in [-0.05, 0) is 32.4 Å². The molecule has 1 aliphatic heterocycles. The van der Waals surface area contributed by atoms with E-state index in [4.69, 9.17) is 4.42 Å². The lowest BCUT2D eigenvalue weighted by Gasteiger charge is -2.33. The van der Waals surface area contributed by atoms with E-state index in [1.54, 1.807) is 6.26 Å². The summed E-state index contributed by atoms with van der Waals surface area (Å²) in [6, 6.07) is 8.25. The smallest absolute Gasteiger partial charge is 0.255 e. The van der Waals surface area contributed by atoms with Crippen molar-refractivity contribution in [2.75, 3.05) is 19.6 Å². The first-order chi connectivity index (χ1) is 10.3. The number of hydrogen-bond donors (Lipinski definition) is 1. The SMILES string of the molecule is CC1CCCCN1CCNC(=O)c1coc2ccccc12. The van der Waals surface area contributed by atoms with Crippen LogP contribution in [-0.2, 0) is 0 Å². The topological polar surface area (TPSA) is 45.5 Å². The molecule has 0 bridgehead atoms. The summed E-state index contributed by atoms with van der Waals surface area (Å²) >= 11 is 0. The van der Waals surface area contributed by atoms with Crippen LogP contribution in [0.1, 0.15) is 36.5 Å². The summed E-state index contributed by atoms with van der Waals surface area (Å²) < 4.78 is 5.41. The number of amides is 1. The highest BCUT2D eigenvalue weighted by molar-refractivity contribution is 6.05. The van der Waals surface area contributed by atoms with Gasteiger partial charge in [-0.1, -0.05) is 24.6 Å². The van der Waals surface area contributed by atoms with Crippen molar-refractivity contribution in [3.8, 4) is 0 Å². The molecule has 3 rings (SSSR count). The Morgan fingerprint density at radius 2 is 2.24 bits per heavy atom. The summed E-state index contributed by atoms with van der Waals surface area (Å²) in [5, 5.41) is 3.88. The Morgan fingerprint density at radius 3 is 3.10 bits per heavy atom. The van der Waals surface area contributed by atoms with Gasteiger partial charge in [-0.2, -0.15) is 0 Å². The van der Waals surface area contributed by atoms with E-state index in [0.29, 0.717) is 18.2 Å². The fourth-order valence-electron chi connectivity index (χ4n) is 3.05. The number of fused-ring (bicyclic) bond motifs is 1. The maximum atomic E-state index is 12.3. The fourth-order valence-corrected chi connectivity index (χ4v) is 3.05. The van der Waals surface area contributed by atoms with Gasteiger partial charge in [0, 0.05) is 24.5 Å². The molecule has 0 spiro atoms. The molecule has 1 aromatic heterocycles. The van der Waals surface area contributed by atoms with Gasteiger partial charge in [-0.15, -0.1) is 0 Å². The van der Waals surface area contributed by atoms with Crippen LogP contribution in [0.5, 0.6) is 0 Å². The van der Waals surface area contributed by atoms with Crippen LogP contribution in [0.15, 0.2) is 34.9 Å². The van der Waals surface area contributed by atoms with Crippen LogP contribution in [0.4, 0.5) is 0 Å². The molecule has 1 amide bonds. The van der Waals surface area contributed by atoms with E-state index < -0.39 is 0 Å². The highest BCUT2D eigenvalue weighted by atomic mass is 16.3. The van der Waals surface area contributed by atoms with Crippen LogP contribution in [0.3, 0.4) is 0 Å². The molecule has 4 nitrogen and oxygen atoms in total. The number of nitrogens with one attached hydrogen (secondary N) is 1. The third-order valence-corrected chi connectivity index (χ3v) is 4.35. The average Bonchev–Trinajstić information content (AvgIpc) is 2.93. The Labute approximate surface area is 125 Å². The van der Waals surface area contributed by atoms with Crippen molar-refractivity contribution in [2.45, 2.75) is 32.2 Å². The van der Waals surface area contributed by atoms with Gasteiger partial charge < -0.3 is 9.73 Å². The quantitative estimate of drug-likeness (QED) is 0.939. The second-order valence-corrected chi connectivity index (χ2v) is 5.78. The first-order valence-electron chi connectivity index (χ1n) is 7.74. The molecule has 0 radical (unpaired) electrons. The Kier molecular flexibility index (Phi) is 4.25. The molecule has 0 saturated carbocycles. The maximum Gasteiger partial charge on any atom is 0.255 e. The number of piperidine rings is 1. The van der Waals surface area contributed by atoms with E-state index in [0.717, 1.165) is 24.1 Å². The summed E-state index contributed by atoms with van der Waals surface area (Å²) in [6.07, 6.45) is 5.40. The number of likely N-dealkylation sites (tertiary alicyclic amines) is 1. The van der Waals surface area contributed by atoms with Crippen molar-refractivity contribution < 1.29 is 9.21 Å². The Bertz CT molecular complexity index is 620. The Hall–Kier alpha value is -1.81. The van der Waals surface area contributed by atoms with Crippen LogP contribution in [0.2, 0.25) is 0 Å². The van der Waals surface area contributed by atoms with Crippen molar-refractivity contribution in [3.05, 3.63) is 36.1 Å². The standard InChI is InChI=1S/C17H22N2O2/c1-13-6-4-5-10-19(13)11-9-18-17(20)15-12-21-16-8-3-2-7-14(15)16/h2-3,7-8,12-13H,4-6,9-11H2,1H3,(H,18,20). The summed E-state index contributed by atoms with van der Waals surface area (Å²) in [6.45, 7) is 5.02. The summed E-state index contributed by atoms with van der Waals surface area (Å²) in [7, 11) is 0. The van der Waals surface area contributed by atoms with Crippen LogP contribution < -0.4 is 5.32 Å². The van der Waals surface area contributed by atoms with Gasteiger partial charge in [-0.25, -0.2) is 0 Å². The van der Waals surface area contributed by atoms with Crippen molar-refractivity contribution in [1.82, 2.24) is 10.2 Å². The van der Waals surface area contributed by atoms with Crippen molar-refractivity contribution >= 4 is 16.9 Å². The summed E-state index contributed by atoms with van der Waals surface area (Å²) in [5.41, 5.74) is 1.38. The molecule has 2 aromatic rings. The molecule has 21 heavy (non-hydrogen) atoms. The van der Waals surface area contributed by atoms with Gasteiger partial charge in [-0.3, -0.25) is 9.69 Å². The number of rotatable bonds is 4. The van der Waals surface area contributed by atoms with Gasteiger partial charge in [0.05, 0.1) is 5.56 Å². The molecule has 1 fully saturated rings. The minimum atomic E-state index is -0.0513. The molecule has 1 unspecified atom stereocenters. The van der Waals surface area contributed by atoms with Crippen molar-refractivity contribution in [3.63, 3.8) is 0 Å². The third-order valence-electron chi connectivity index (χ3n) is 4.35. The molecule has 1 aromatic carbocycles. The van der Waals surface area contributed by atoms with Crippen LogP contribution in [0, 0.1) is 0 Å². The van der Waals surface area contributed by atoms with E-state index in [1.165, 1.54) is 19.3 Å². The molecule has 1 saturated heterocycles. The van der Waals surface area contributed by atoms with Crippen molar-refractivity contribution in [1.29, 1.82) is 0 Å². The number of nitrogens with zero attached hydrogens (tertiary/aromatic N) is 1. The number of benzene rings is 1. The van der Waals surface area contributed by atoms with Gasteiger partial charge in [0.1, 0.15) is 11.8 Å². The van der Waals surface area contributed by atoms with Gasteiger partial charge in [0.15, 0.2) is 0 Å². The third kappa shape index (κ3) is 3.10. The zero-order valence-corrected chi connectivity index (χ0v) is 12.5. The molecule has 1 aliphatic rings. The second-order valence-electron chi connectivity index (χ2n) is 5.78. The normalized spacial score (nSPS) is 19.8. The fraction of sp³-hybridized carbons (Fsp3) is 0.471. The zero-order valence-electron chi connectivity index (χ0n) is 12.5. The molecule has 4 heteroatoms. The van der Waals surface area contributed by atoms with Gasteiger partial charge in [0.25, 0.3) is 5.91 Å².